The van der Waals surface area contributed by atoms with Gasteiger partial charge in [-0.2, -0.15) is 4.31 Å². The topological polar surface area (TPSA) is 75.5 Å². The first kappa shape index (κ1) is 21.6. The smallest absolute Gasteiger partial charge is 0.236 e. The summed E-state index contributed by atoms with van der Waals surface area (Å²) in [4.78, 5) is 19.0. The van der Waals surface area contributed by atoms with Crippen LogP contribution in [-0.2, 0) is 21.9 Å². The monoisotopic (exact) mass is 456 g/mol. The van der Waals surface area contributed by atoms with Gasteiger partial charge in [0.25, 0.3) is 0 Å². The number of benzene rings is 2. The van der Waals surface area contributed by atoms with E-state index in [4.69, 9.17) is 0 Å². The molecule has 0 bridgehead atoms. The average molecular weight is 457 g/mol. The van der Waals surface area contributed by atoms with Crippen molar-refractivity contribution in [1.29, 1.82) is 0 Å². The molecule has 2 aromatic carbocycles. The number of piperazine rings is 1. The number of nitrogens with zero attached hydrogens (tertiary/aromatic N) is 4. The molecule has 0 saturated carbocycles. The third-order valence-electron chi connectivity index (χ3n) is 5.25. The van der Waals surface area contributed by atoms with Crippen LogP contribution in [0.1, 0.15) is 5.56 Å². The number of rotatable bonds is 6. The van der Waals surface area contributed by atoms with E-state index in [0.717, 1.165) is 21.8 Å². The molecule has 1 saturated heterocycles. The lowest BCUT2D eigenvalue weighted by Crippen LogP contribution is -2.50. The summed E-state index contributed by atoms with van der Waals surface area (Å²) in [5.41, 5.74) is 2.76. The number of hydrogen-bond acceptors (Lipinski definition) is 5. The van der Waals surface area contributed by atoms with Crippen LogP contribution in [0.4, 0.5) is 0 Å². The standard InChI is InChI=1S/C22H24N4O3S2/c1-24-20-10-6-5-9-19(20)23-22(24)30-17-21(27)25-12-14-26(15-13-25)31(28,29)16-11-18-7-3-2-4-8-18/h2-11,16H,12-15,17H2,1H3/b16-11+. The normalized spacial score (nSPS) is 15.7. The highest BCUT2D eigenvalue weighted by Gasteiger charge is 2.27. The van der Waals surface area contributed by atoms with E-state index in [1.165, 1.54) is 21.5 Å². The number of fused-ring (bicyclic) bond motifs is 1. The molecule has 9 heteroatoms. The van der Waals surface area contributed by atoms with Crippen LogP contribution in [0.3, 0.4) is 0 Å². The number of aromatic nitrogens is 2. The van der Waals surface area contributed by atoms with Crippen LogP contribution in [0.2, 0.25) is 0 Å². The summed E-state index contributed by atoms with van der Waals surface area (Å²) < 4.78 is 28.6. The number of carbonyl (C=O) groups is 1. The molecule has 2 heterocycles. The van der Waals surface area contributed by atoms with Crippen molar-refractivity contribution in [3.63, 3.8) is 0 Å². The van der Waals surface area contributed by atoms with Crippen molar-refractivity contribution in [2.24, 2.45) is 7.05 Å². The van der Waals surface area contributed by atoms with E-state index in [0.29, 0.717) is 26.2 Å². The quantitative estimate of drug-likeness (QED) is 0.533. The van der Waals surface area contributed by atoms with Crippen LogP contribution < -0.4 is 0 Å². The van der Waals surface area contributed by atoms with Crippen molar-refractivity contribution in [2.45, 2.75) is 5.16 Å². The predicted molar refractivity (Wildman–Crippen MR) is 124 cm³/mol. The summed E-state index contributed by atoms with van der Waals surface area (Å²) in [5.74, 6) is 0.270. The Balaban J connectivity index is 1.31. The lowest BCUT2D eigenvalue weighted by Gasteiger charge is -2.33. The van der Waals surface area contributed by atoms with E-state index >= 15 is 0 Å². The second-order valence-electron chi connectivity index (χ2n) is 7.27. The van der Waals surface area contributed by atoms with Crippen molar-refractivity contribution >= 4 is 44.8 Å². The predicted octanol–water partition coefficient (Wildman–Crippen LogP) is 2.81. The molecule has 4 rings (SSSR count). The maximum absolute atomic E-state index is 12.7. The molecule has 0 aliphatic carbocycles. The fraction of sp³-hybridized carbons (Fsp3) is 0.273. The summed E-state index contributed by atoms with van der Waals surface area (Å²) in [6.45, 7) is 1.37. The molecule has 1 aliphatic rings. The number of para-hydroxylation sites is 2. The van der Waals surface area contributed by atoms with E-state index < -0.39 is 10.0 Å². The Hall–Kier alpha value is -2.62. The second-order valence-corrected chi connectivity index (χ2v) is 10.0. The number of amides is 1. The molecule has 1 aromatic heterocycles. The lowest BCUT2D eigenvalue weighted by atomic mass is 10.2. The van der Waals surface area contributed by atoms with Crippen LogP contribution in [0.15, 0.2) is 65.2 Å². The van der Waals surface area contributed by atoms with Gasteiger partial charge in [-0.1, -0.05) is 54.2 Å². The third-order valence-corrected chi connectivity index (χ3v) is 7.83. The van der Waals surface area contributed by atoms with Crippen LogP contribution >= 0.6 is 11.8 Å². The van der Waals surface area contributed by atoms with Gasteiger partial charge in [-0.05, 0) is 23.8 Å². The van der Waals surface area contributed by atoms with Crippen LogP contribution in [0.25, 0.3) is 17.1 Å². The van der Waals surface area contributed by atoms with Gasteiger partial charge in [-0.15, -0.1) is 0 Å². The Morgan fingerprint density at radius 2 is 1.71 bits per heavy atom. The maximum Gasteiger partial charge on any atom is 0.236 e. The molecule has 0 atom stereocenters. The molecule has 1 fully saturated rings. The molecular weight excluding hydrogens is 432 g/mol. The average Bonchev–Trinajstić information content (AvgIpc) is 3.12. The Labute approximate surface area is 186 Å². The number of imidazole rings is 1. The van der Waals surface area contributed by atoms with E-state index in [1.54, 1.807) is 11.0 Å². The first-order valence-electron chi connectivity index (χ1n) is 9.99. The fourth-order valence-electron chi connectivity index (χ4n) is 3.48. The zero-order chi connectivity index (χ0) is 21.8. The molecule has 162 valence electrons. The summed E-state index contributed by atoms with van der Waals surface area (Å²) in [6.07, 6.45) is 1.60. The highest BCUT2D eigenvalue weighted by atomic mass is 32.2. The van der Waals surface area contributed by atoms with Crippen LogP contribution in [-0.4, -0.2) is 65.0 Å². The molecule has 1 amide bonds. The minimum absolute atomic E-state index is 0.00562. The molecular formula is C22H24N4O3S2. The van der Waals surface area contributed by atoms with E-state index in [2.05, 4.69) is 4.98 Å². The molecule has 0 spiro atoms. The number of thioether (sulfide) groups is 1. The summed E-state index contributed by atoms with van der Waals surface area (Å²) >= 11 is 1.40. The Bertz CT molecular complexity index is 1200. The zero-order valence-corrected chi connectivity index (χ0v) is 18.8. The first-order valence-corrected chi connectivity index (χ1v) is 12.5. The minimum Gasteiger partial charge on any atom is -0.339 e. The van der Waals surface area contributed by atoms with Crippen LogP contribution in [0.5, 0.6) is 0 Å². The SMILES string of the molecule is Cn1c(SCC(=O)N2CCN(S(=O)(=O)/C=C/c3ccccc3)CC2)nc2ccccc21. The van der Waals surface area contributed by atoms with Gasteiger partial charge in [0.1, 0.15) is 0 Å². The van der Waals surface area contributed by atoms with E-state index in [1.807, 2.05) is 66.2 Å². The molecule has 0 radical (unpaired) electrons. The van der Waals surface area contributed by atoms with Crippen molar-refractivity contribution in [3.05, 3.63) is 65.6 Å². The lowest BCUT2D eigenvalue weighted by molar-refractivity contribution is -0.129. The molecule has 1 aliphatic heterocycles. The Kier molecular flexibility index (Phi) is 6.45. The van der Waals surface area contributed by atoms with Crippen molar-refractivity contribution < 1.29 is 13.2 Å². The third kappa shape index (κ3) is 5.00. The molecule has 7 nitrogen and oxygen atoms in total. The van der Waals surface area contributed by atoms with Gasteiger partial charge in [0, 0.05) is 38.6 Å². The Morgan fingerprint density at radius 3 is 2.42 bits per heavy atom. The minimum atomic E-state index is -3.51. The number of sulfonamides is 1. The summed E-state index contributed by atoms with van der Waals surface area (Å²) in [5, 5.41) is 2.03. The van der Waals surface area contributed by atoms with E-state index in [-0.39, 0.29) is 11.7 Å². The number of hydrogen-bond donors (Lipinski definition) is 0. The summed E-state index contributed by atoms with van der Waals surface area (Å²) in [7, 11) is -1.57. The van der Waals surface area contributed by atoms with Crippen molar-refractivity contribution in [3.8, 4) is 0 Å². The Morgan fingerprint density at radius 1 is 1.03 bits per heavy atom. The molecule has 0 N–H and O–H groups in total. The first-order chi connectivity index (χ1) is 14.9. The summed E-state index contributed by atoms with van der Waals surface area (Å²) in [6, 6.07) is 17.2. The zero-order valence-electron chi connectivity index (χ0n) is 17.2. The van der Waals surface area contributed by atoms with Gasteiger partial charge >= 0.3 is 0 Å². The highest BCUT2D eigenvalue weighted by Crippen LogP contribution is 2.23. The number of aryl methyl sites for hydroxylation is 1. The fourth-order valence-corrected chi connectivity index (χ4v) is 5.54. The van der Waals surface area contributed by atoms with Crippen LogP contribution in [0, 0.1) is 0 Å². The largest absolute Gasteiger partial charge is 0.339 e. The maximum atomic E-state index is 12.7. The van der Waals surface area contributed by atoms with Gasteiger partial charge < -0.3 is 9.47 Å². The van der Waals surface area contributed by atoms with Crippen molar-refractivity contribution in [1.82, 2.24) is 18.8 Å². The van der Waals surface area contributed by atoms with Gasteiger partial charge in [-0.3, -0.25) is 4.79 Å². The van der Waals surface area contributed by atoms with E-state index in [9.17, 15) is 13.2 Å². The van der Waals surface area contributed by atoms with Gasteiger partial charge in [-0.25, -0.2) is 13.4 Å². The van der Waals surface area contributed by atoms with Gasteiger partial charge in [0.15, 0.2) is 5.16 Å². The molecule has 0 unspecified atom stereocenters. The van der Waals surface area contributed by atoms with Gasteiger partial charge in [0.2, 0.25) is 15.9 Å². The van der Waals surface area contributed by atoms with Crippen molar-refractivity contribution in [2.75, 3.05) is 31.9 Å². The second kappa shape index (κ2) is 9.25. The molecule has 3 aromatic rings. The molecule has 31 heavy (non-hydrogen) atoms. The number of carbonyl (C=O) groups excluding carboxylic acids is 1. The van der Waals surface area contributed by atoms with Gasteiger partial charge in [0.05, 0.1) is 16.8 Å². The highest BCUT2D eigenvalue weighted by molar-refractivity contribution is 7.99.